The third-order valence-electron chi connectivity index (χ3n) is 6.14. The Balaban J connectivity index is 0.00000306. The van der Waals surface area contributed by atoms with Crippen LogP contribution in [0.3, 0.4) is 0 Å². The number of fused-ring (bicyclic) bond motifs is 1. The molecule has 0 unspecified atom stereocenters. The van der Waals surface area contributed by atoms with Gasteiger partial charge in [-0.05, 0) is 56.0 Å². The molecular formula is C26H37N5O2. The second-order valence-electron chi connectivity index (χ2n) is 8.53. The molecule has 178 valence electrons. The molecule has 1 saturated carbocycles. The van der Waals surface area contributed by atoms with Crippen LogP contribution in [-0.4, -0.2) is 50.4 Å². The first-order chi connectivity index (χ1) is 15.6. The van der Waals surface area contributed by atoms with Crippen LogP contribution in [0, 0.1) is 0 Å². The molecular weight excluding hydrogens is 414 g/mol. The van der Waals surface area contributed by atoms with Gasteiger partial charge < -0.3 is 25.0 Å². The Bertz CT molecular complexity index is 1050. The van der Waals surface area contributed by atoms with E-state index in [2.05, 4.69) is 16.7 Å². The van der Waals surface area contributed by atoms with Gasteiger partial charge >= 0.3 is 0 Å². The van der Waals surface area contributed by atoms with E-state index in [9.17, 15) is 0 Å². The summed E-state index contributed by atoms with van der Waals surface area (Å²) in [4.78, 5) is 11.6. The number of ether oxygens (including phenoxy) is 2. The number of hydrogen-bond acceptors (Lipinski definition) is 7. The summed E-state index contributed by atoms with van der Waals surface area (Å²) in [6.45, 7) is 0.767. The Morgan fingerprint density at radius 1 is 0.939 bits per heavy atom. The number of benzene rings is 2. The first-order valence-electron chi connectivity index (χ1n) is 11.2. The summed E-state index contributed by atoms with van der Waals surface area (Å²) in [5.74, 6) is 3.40. The number of aromatic nitrogens is 2. The Morgan fingerprint density at radius 2 is 1.67 bits per heavy atom. The van der Waals surface area contributed by atoms with Crippen LogP contribution in [0.1, 0.15) is 38.7 Å². The Morgan fingerprint density at radius 3 is 2.36 bits per heavy atom. The van der Waals surface area contributed by atoms with E-state index in [1.807, 2.05) is 55.4 Å². The van der Waals surface area contributed by atoms with Gasteiger partial charge in [-0.15, -0.1) is 0 Å². The zero-order valence-corrected chi connectivity index (χ0v) is 19.4. The topological polar surface area (TPSA) is 71.5 Å². The van der Waals surface area contributed by atoms with Crippen LogP contribution < -0.4 is 25.0 Å². The number of rotatable bonds is 8. The van der Waals surface area contributed by atoms with Crippen molar-refractivity contribution < 1.29 is 9.47 Å². The van der Waals surface area contributed by atoms with Crippen LogP contribution in [-0.2, 0) is 6.54 Å². The Hall–Kier alpha value is -3.06. The van der Waals surface area contributed by atoms with Gasteiger partial charge in [0.2, 0.25) is 5.95 Å². The molecule has 0 radical (unpaired) electrons. The summed E-state index contributed by atoms with van der Waals surface area (Å²) in [5, 5.41) is 8.35. The van der Waals surface area contributed by atoms with E-state index in [0.29, 0.717) is 18.0 Å². The molecule has 4 rings (SSSR count). The van der Waals surface area contributed by atoms with Crippen LogP contribution in [0.15, 0.2) is 42.5 Å². The molecule has 7 heteroatoms. The molecule has 1 aliphatic rings. The lowest BCUT2D eigenvalue weighted by Crippen LogP contribution is -2.37. The monoisotopic (exact) mass is 451 g/mol. The first-order valence-corrected chi connectivity index (χ1v) is 11.2. The fraction of sp³-hybridized carbons (Fsp3) is 0.462. The van der Waals surface area contributed by atoms with Crippen LogP contribution in [0.2, 0.25) is 0 Å². The highest BCUT2D eigenvalue weighted by atomic mass is 16.5. The molecule has 2 aromatic carbocycles. The second-order valence-corrected chi connectivity index (χ2v) is 8.53. The highest BCUT2D eigenvalue weighted by molar-refractivity contribution is 5.90. The summed E-state index contributed by atoms with van der Waals surface area (Å²) in [6, 6.07) is 15.0. The van der Waals surface area contributed by atoms with Crippen molar-refractivity contribution in [2.24, 2.45) is 0 Å². The second kappa shape index (κ2) is 11.2. The fourth-order valence-corrected chi connectivity index (χ4v) is 4.36. The molecule has 2 N–H and O–H groups in total. The zero-order valence-electron chi connectivity index (χ0n) is 19.4. The maximum atomic E-state index is 5.50. The van der Waals surface area contributed by atoms with Crippen molar-refractivity contribution in [2.45, 2.75) is 51.7 Å². The van der Waals surface area contributed by atoms with Gasteiger partial charge in [-0.1, -0.05) is 19.6 Å². The number of para-hydroxylation sites is 1. The minimum Gasteiger partial charge on any atom is -0.497 e. The molecule has 0 saturated heterocycles. The van der Waals surface area contributed by atoms with Crippen LogP contribution in [0.5, 0.6) is 11.5 Å². The summed E-state index contributed by atoms with van der Waals surface area (Å²) >= 11 is 0. The summed E-state index contributed by atoms with van der Waals surface area (Å²) in [7, 11) is 7.44. The minimum absolute atomic E-state index is 0. The zero-order chi connectivity index (χ0) is 22.5. The number of methoxy groups -OCH3 is 2. The van der Waals surface area contributed by atoms with E-state index in [1.54, 1.807) is 14.2 Å². The van der Waals surface area contributed by atoms with E-state index in [0.717, 1.165) is 66.0 Å². The van der Waals surface area contributed by atoms with Crippen LogP contribution in [0.25, 0.3) is 10.9 Å². The maximum Gasteiger partial charge on any atom is 0.225 e. The molecule has 7 nitrogen and oxygen atoms in total. The largest absolute Gasteiger partial charge is 0.497 e. The lowest BCUT2D eigenvalue weighted by Gasteiger charge is -2.30. The third-order valence-corrected chi connectivity index (χ3v) is 6.14. The van der Waals surface area contributed by atoms with Crippen molar-refractivity contribution in [3.63, 3.8) is 0 Å². The normalized spacial score (nSPS) is 17.8. The van der Waals surface area contributed by atoms with Crippen molar-refractivity contribution in [1.82, 2.24) is 15.3 Å². The van der Waals surface area contributed by atoms with E-state index >= 15 is 0 Å². The Labute approximate surface area is 197 Å². The predicted octanol–water partition coefficient (Wildman–Crippen LogP) is 4.86. The quantitative estimate of drug-likeness (QED) is 0.507. The maximum absolute atomic E-state index is 5.50. The van der Waals surface area contributed by atoms with Crippen molar-refractivity contribution in [3.8, 4) is 11.5 Å². The van der Waals surface area contributed by atoms with Gasteiger partial charge in [-0.2, -0.15) is 4.98 Å². The van der Waals surface area contributed by atoms with Gasteiger partial charge in [-0.25, -0.2) is 4.98 Å². The molecule has 1 aromatic heterocycles. The number of nitrogens with zero attached hydrogens (tertiary/aromatic N) is 3. The summed E-state index contributed by atoms with van der Waals surface area (Å²) < 4.78 is 10.9. The predicted molar refractivity (Wildman–Crippen MR) is 137 cm³/mol. The van der Waals surface area contributed by atoms with Gasteiger partial charge in [0.15, 0.2) is 0 Å². The molecule has 1 aliphatic carbocycles. The number of anilines is 2. The smallest absolute Gasteiger partial charge is 0.225 e. The van der Waals surface area contributed by atoms with Crippen molar-refractivity contribution in [1.29, 1.82) is 0 Å². The van der Waals surface area contributed by atoms with Gasteiger partial charge in [0.25, 0.3) is 0 Å². The highest BCUT2D eigenvalue weighted by Crippen LogP contribution is 2.27. The van der Waals surface area contributed by atoms with E-state index < -0.39 is 0 Å². The van der Waals surface area contributed by atoms with Gasteiger partial charge in [0, 0.05) is 43.7 Å². The molecule has 0 spiro atoms. The van der Waals surface area contributed by atoms with E-state index in [1.165, 1.54) is 0 Å². The first kappa shape index (κ1) is 24.6. The SMILES string of the molecule is C.COc1ccc(OC)c(CNC2CCC(Nc3nc(N(C)C)c4ccccc4n3)CC2)c1. The highest BCUT2D eigenvalue weighted by Gasteiger charge is 2.22. The molecule has 0 aliphatic heterocycles. The molecule has 1 fully saturated rings. The fourth-order valence-electron chi connectivity index (χ4n) is 4.36. The molecule has 0 atom stereocenters. The van der Waals surface area contributed by atoms with E-state index in [4.69, 9.17) is 19.4 Å². The van der Waals surface area contributed by atoms with Crippen LogP contribution in [0.4, 0.5) is 11.8 Å². The standard InChI is InChI=1S/C25H33N5O2.CH4/c1-30(2)24-21-7-5-6-8-22(21)28-25(29-24)27-19-11-9-18(10-12-19)26-16-17-15-20(31-3)13-14-23(17)32-4;/h5-8,13-15,18-19,26H,9-12,16H2,1-4H3,(H,27,28,29);1H4. The number of nitrogens with one attached hydrogen (secondary N) is 2. The average Bonchev–Trinajstić information content (AvgIpc) is 2.82. The Kier molecular flexibility index (Phi) is 8.33. The van der Waals surface area contributed by atoms with Crippen molar-refractivity contribution in [2.75, 3.05) is 38.5 Å². The molecule has 0 bridgehead atoms. The van der Waals surface area contributed by atoms with E-state index in [-0.39, 0.29) is 7.43 Å². The molecule has 0 amide bonds. The number of hydrogen-bond donors (Lipinski definition) is 2. The summed E-state index contributed by atoms with van der Waals surface area (Å²) in [5.41, 5.74) is 2.09. The molecule has 1 heterocycles. The van der Waals surface area contributed by atoms with Gasteiger partial charge in [0.1, 0.15) is 17.3 Å². The van der Waals surface area contributed by atoms with Gasteiger partial charge in [0.05, 0.1) is 19.7 Å². The third kappa shape index (κ3) is 5.85. The lowest BCUT2D eigenvalue weighted by atomic mass is 9.91. The molecule has 3 aromatic rings. The van der Waals surface area contributed by atoms with Crippen molar-refractivity contribution >= 4 is 22.7 Å². The molecule has 33 heavy (non-hydrogen) atoms. The average molecular weight is 452 g/mol. The lowest BCUT2D eigenvalue weighted by molar-refractivity contribution is 0.347. The summed E-state index contributed by atoms with van der Waals surface area (Å²) in [6.07, 6.45) is 4.39. The minimum atomic E-state index is 0. The van der Waals surface area contributed by atoms with Gasteiger partial charge in [-0.3, -0.25) is 0 Å². The van der Waals surface area contributed by atoms with Crippen molar-refractivity contribution in [3.05, 3.63) is 48.0 Å². The van der Waals surface area contributed by atoms with Crippen LogP contribution >= 0.6 is 0 Å².